The Labute approximate surface area is 140 Å². The number of hydrogen-bond donors (Lipinski definition) is 1. The van der Waals surface area contributed by atoms with E-state index in [1.807, 2.05) is 0 Å². The van der Waals surface area contributed by atoms with E-state index in [4.69, 9.17) is 4.42 Å². The maximum atomic E-state index is 5.97. The quantitative estimate of drug-likeness (QED) is 0.772. The van der Waals surface area contributed by atoms with Gasteiger partial charge in [-0.2, -0.15) is 0 Å². The third kappa shape index (κ3) is 4.12. The van der Waals surface area contributed by atoms with Crippen LogP contribution in [0.2, 0.25) is 0 Å². The maximum Gasteiger partial charge on any atom is 0.134 e. The summed E-state index contributed by atoms with van der Waals surface area (Å²) in [5, 5.41) is 3.59. The molecule has 1 saturated carbocycles. The molecule has 4 heteroatoms. The molecule has 2 aromatic rings. The van der Waals surface area contributed by atoms with Crippen molar-refractivity contribution >= 4 is 28.3 Å². The second kappa shape index (κ2) is 7.48. The molecule has 2 nitrogen and oxygen atoms in total. The van der Waals surface area contributed by atoms with E-state index < -0.39 is 0 Å². The summed E-state index contributed by atoms with van der Waals surface area (Å²) in [6.07, 6.45) is 5.33. The molecule has 0 amide bonds. The van der Waals surface area contributed by atoms with Crippen molar-refractivity contribution in [1.82, 2.24) is 5.32 Å². The van der Waals surface area contributed by atoms with Gasteiger partial charge in [0.25, 0.3) is 0 Å². The van der Waals surface area contributed by atoms with Crippen molar-refractivity contribution in [2.75, 3.05) is 0 Å². The molecule has 1 aromatic carbocycles. The van der Waals surface area contributed by atoms with Gasteiger partial charge in [-0.3, -0.25) is 0 Å². The van der Waals surface area contributed by atoms with Crippen molar-refractivity contribution in [3.05, 3.63) is 46.1 Å². The first kappa shape index (κ1) is 16.6. The van der Waals surface area contributed by atoms with Crippen molar-refractivity contribution in [3.8, 4) is 11.3 Å². The van der Waals surface area contributed by atoms with Gasteiger partial charge in [0.1, 0.15) is 11.5 Å². The van der Waals surface area contributed by atoms with Crippen molar-refractivity contribution in [2.24, 2.45) is 0 Å². The molecule has 1 heterocycles. The first-order chi connectivity index (χ1) is 9.72. The average Bonchev–Trinajstić information content (AvgIpc) is 3.07. The average molecular weight is 371 g/mol. The largest absolute Gasteiger partial charge is 0.460 e. The molecule has 0 radical (unpaired) electrons. The Morgan fingerprint density at radius 2 is 1.95 bits per heavy atom. The summed E-state index contributed by atoms with van der Waals surface area (Å²) in [4.78, 5) is 0. The Hall–Kier alpha value is -0.770. The Balaban J connectivity index is 0.00000161. The number of rotatable bonds is 4. The zero-order valence-electron chi connectivity index (χ0n) is 12.2. The molecular formula is C17H21BrClNO. The summed E-state index contributed by atoms with van der Waals surface area (Å²) in [5.74, 6) is 1.98. The van der Waals surface area contributed by atoms with Crippen molar-refractivity contribution in [3.63, 3.8) is 0 Å². The second-order valence-electron chi connectivity index (χ2n) is 5.59. The first-order valence-electron chi connectivity index (χ1n) is 7.31. The van der Waals surface area contributed by atoms with Gasteiger partial charge < -0.3 is 9.73 Å². The fourth-order valence-corrected chi connectivity index (χ4v) is 3.37. The van der Waals surface area contributed by atoms with Gasteiger partial charge in [0.05, 0.1) is 6.54 Å². The topological polar surface area (TPSA) is 25.2 Å². The zero-order chi connectivity index (χ0) is 13.9. The van der Waals surface area contributed by atoms with Crippen molar-refractivity contribution in [1.29, 1.82) is 0 Å². The number of benzene rings is 1. The van der Waals surface area contributed by atoms with E-state index >= 15 is 0 Å². The Morgan fingerprint density at radius 1 is 1.19 bits per heavy atom. The van der Waals surface area contributed by atoms with Crippen LogP contribution in [0.5, 0.6) is 0 Å². The van der Waals surface area contributed by atoms with E-state index in [1.54, 1.807) is 0 Å². The van der Waals surface area contributed by atoms with E-state index in [0.29, 0.717) is 6.04 Å². The molecule has 114 valence electrons. The van der Waals surface area contributed by atoms with Gasteiger partial charge in [-0.25, -0.2) is 0 Å². The summed E-state index contributed by atoms with van der Waals surface area (Å²) in [6, 6.07) is 11.1. The minimum atomic E-state index is 0. The number of hydrogen-bond acceptors (Lipinski definition) is 2. The standard InChI is InChI=1S/C17H20BrNO.ClH/c1-12-10-13(18)6-8-16(12)17-9-7-15(20-17)11-19-14-4-2-3-5-14;/h6-10,14,19H,2-5,11H2,1H3;1H. The molecule has 0 spiro atoms. The summed E-state index contributed by atoms with van der Waals surface area (Å²) in [7, 11) is 0. The highest BCUT2D eigenvalue weighted by atomic mass is 79.9. The summed E-state index contributed by atoms with van der Waals surface area (Å²) in [5.41, 5.74) is 2.39. The lowest BCUT2D eigenvalue weighted by Gasteiger charge is -2.09. The summed E-state index contributed by atoms with van der Waals surface area (Å²) >= 11 is 3.50. The minimum Gasteiger partial charge on any atom is -0.460 e. The number of nitrogens with one attached hydrogen (secondary N) is 1. The zero-order valence-corrected chi connectivity index (χ0v) is 14.6. The molecule has 0 bridgehead atoms. The van der Waals surface area contributed by atoms with Crippen LogP contribution in [0.3, 0.4) is 0 Å². The van der Waals surface area contributed by atoms with Gasteiger partial charge in [0.2, 0.25) is 0 Å². The van der Waals surface area contributed by atoms with Crippen LogP contribution >= 0.6 is 28.3 Å². The van der Waals surface area contributed by atoms with Crippen molar-refractivity contribution < 1.29 is 4.42 Å². The Bertz CT molecular complexity index is 590. The highest BCUT2D eigenvalue weighted by molar-refractivity contribution is 9.10. The lowest BCUT2D eigenvalue weighted by molar-refractivity contribution is 0.452. The predicted molar refractivity (Wildman–Crippen MR) is 92.9 cm³/mol. The fraction of sp³-hybridized carbons (Fsp3) is 0.412. The van der Waals surface area contributed by atoms with Crippen LogP contribution in [0, 0.1) is 6.92 Å². The lowest BCUT2D eigenvalue weighted by Crippen LogP contribution is -2.24. The molecule has 0 unspecified atom stereocenters. The van der Waals surface area contributed by atoms with E-state index in [2.05, 4.69) is 58.5 Å². The van der Waals surface area contributed by atoms with Crippen LogP contribution in [0.1, 0.15) is 37.0 Å². The SMILES string of the molecule is Cc1cc(Br)ccc1-c1ccc(CNC2CCCC2)o1.Cl. The number of aryl methyl sites for hydroxylation is 1. The van der Waals surface area contributed by atoms with E-state index in [9.17, 15) is 0 Å². The van der Waals surface area contributed by atoms with Crippen molar-refractivity contribution in [2.45, 2.75) is 45.2 Å². The van der Waals surface area contributed by atoms with Gasteiger partial charge in [-0.15, -0.1) is 12.4 Å². The molecule has 0 atom stereocenters. The fourth-order valence-electron chi connectivity index (χ4n) is 2.90. The van der Waals surface area contributed by atoms with E-state index in [0.717, 1.165) is 22.5 Å². The van der Waals surface area contributed by atoms with Gasteiger partial charge in [0.15, 0.2) is 0 Å². The van der Waals surface area contributed by atoms with Gasteiger partial charge >= 0.3 is 0 Å². The highest BCUT2D eigenvalue weighted by Gasteiger charge is 2.15. The summed E-state index contributed by atoms with van der Waals surface area (Å²) < 4.78 is 7.08. The summed E-state index contributed by atoms with van der Waals surface area (Å²) in [6.45, 7) is 2.94. The monoisotopic (exact) mass is 369 g/mol. The minimum absolute atomic E-state index is 0. The van der Waals surface area contributed by atoms with Crippen LogP contribution in [0.25, 0.3) is 11.3 Å². The predicted octanol–water partition coefficient (Wildman–Crippen LogP) is 5.47. The molecule has 1 N–H and O–H groups in total. The molecule has 1 fully saturated rings. The van der Waals surface area contributed by atoms with Crippen LogP contribution < -0.4 is 5.32 Å². The molecule has 1 aromatic heterocycles. The molecule has 21 heavy (non-hydrogen) atoms. The molecule has 0 saturated heterocycles. The molecule has 3 rings (SSSR count). The van der Waals surface area contributed by atoms with Gasteiger partial charge in [-0.05, 0) is 55.7 Å². The van der Waals surface area contributed by atoms with E-state index in [-0.39, 0.29) is 12.4 Å². The van der Waals surface area contributed by atoms with Crippen LogP contribution in [0.4, 0.5) is 0 Å². The highest BCUT2D eigenvalue weighted by Crippen LogP contribution is 2.28. The number of halogens is 2. The molecule has 0 aliphatic heterocycles. The van der Waals surface area contributed by atoms with Crippen LogP contribution in [0.15, 0.2) is 39.2 Å². The smallest absolute Gasteiger partial charge is 0.134 e. The third-order valence-corrected chi connectivity index (χ3v) is 4.53. The maximum absolute atomic E-state index is 5.97. The molecule has 1 aliphatic carbocycles. The number of furan rings is 1. The normalized spacial score (nSPS) is 15.1. The van der Waals surface area contributed by atoms with Gasteiger partial charge in [-0.1, -0.05) is 28.8 Å². The third-order valence-electron chi connectivity index (χ3n) is 4.04. The van der Waals surface area contributed by atoms with E-state index in [1.165, 1.54) is 36.8 Å². The first-order valence-corrected chi connectivity index (χ1v) is 8.10. The molecular weight excluding hydrogens is 350 g/mol. The second-order valence-corrected chi connectivity index (χ2v) is 6.50. The Morgan fingerprint density at radius 3 is 2.67 bits per heavy atom. The Kier molecular flexibility index (Phi) is 5.91. The van der Waals surface area contributed by atoms with Gasteiger partial charge in [0, 0.05) is 16.1 Å². The molecule has 1 aliphatic rings. The lowest BCUT2D eigenvalue weighted by atomic mass is 10.1. The van der Waals surface area contributed by atoms with Crippen LogP contribution in [-0.2, 0) is 6.54 Å². The van der Waals surface area contributed by atoms with Crippen LogP contribution in [-0.4, -0.2) is 6.04 Å².